The summed E-state index contributed by atoms with van der Waals surface area (Å²) in [7, 11) is 4.18. The number of unbranched alkanes of at least 4 members (excludes halogenated alkanes) is 6. The predicted octanol–water partition coefficient (Wildman–Crippen LogP) is 3.02. The Hall–Kier alpha value is -0.0800. The molecule has 0 aromatic rings. The van der Waals surface area contributed by atoms with Gasteiger partial charge in [-0.15, -0.1) is 0 Å². The largest absolute Gasteiger partial charge is 0.327 e. The molecule has 0 bridgehead atoms. The fourth-order valence-corrected chi connectivity index (χ4v) is 1.92. The van der Waals surface area contributed by atoms with Gasteiger partial charge in [0.15, 0.2) is 0 Å². The molecular weight excluding hydrogens is 184 g/mol. The first-order valence-corrected chi connectivity index (χ1v) is 6.57. The van der Waals surface area contributed by atoms with Crippen LogP contribution in [0.5, 0.6) is 0 Å². The van der Waals surface area contributed by atoms with Crippen molar-refractivity contribution in [3.63, 3.8) is 0 Å². The van der Waals surface area contributed by atoms with Gasteiger partial charge in [-0.3, -0.25) is 0 Å². The van der Waals surface area contributed by atoms with Gasteiger partial charge in [0.2, 0.25) is 0 Å². The summed E-state index contributed by atoms with van der Waals surface area (Å²) in [6, 6.07) is 0.371. The van der Waals surface area contributed by atoms with Crippen molar-refractivity contribution in [1.82, 2.24) is 4.90 Å². The third kappa shape index (κ3) is 11.8. The van der Waals surface area contributed by atoms with Crippen LogP contribution in [0.4, 0.5) is 0 Å². The summed E-state index contributed by atoms with van der Waals surface area (Å²) < 4.78 is 0. The van der Waals surface area contributed by atoms with Crippen LogP contribution < -0.4 is 5.73 Å². The molecule has 0 saturated heterocycles. The molecule has 0 fully saturated rings. The van der Waals surface area contributed by atoms with Crippen molar-refractivity contribution in [3.05, 3.63) is 0 Å². The molecule has 0 rings (SSSR count). The molecular formula is C13H30N2. The Balaban J connectivity index is 3.09. The van der Waals surface area contributed by atoms with E-state index < -0.39 is 0 Å². The van der Waals surface area contributed by atoms with E-state index in [4.69, 9.17) is 5.73 Å². The number of rotatable bonds is 10. The second kappa shape index (κ2) is 10.4. The molecule has 2 nitrogen and oxygen atoms in total. The van der Waals surface area contributed by atoms with E-state index in [2.05, 4.69) is 25.9 Å². The van der Waals surface area contributed by atoms with Crippen molar-refractivity contribution in [1.29, 1.82) is 0 Å². The molecule has 1 atom stereocenters. The maximum absolute atomic E-state index is 6.00. The third-order valence-corrected chi connectivity index (χ3v) is 2.78. The molecule has 0 radical (unpaired) electrons. The Morgan fingerprint density at radius 1 is 0.933 bits per heavy atom. The minimum Gasteiger partial charge on any atom is -0.327 e. The molecule has 2 heteroatoms. The molecule has 0 saturated carbocycles. The number of hydrogen-bond acceptors (Lipinski definition) is 2. The Kier molecular flexibility index (Phi) is 10.4. The fourth-order valence-electron chi connectivity index (χ4n) is 1.92. The summed E-state index contributed by atoms with van der Waals surface area (Å²) in [6.45, 7) is 3.29. The van der Waals surface area contributed by atoms with Gasteiger partial charge in [-0.2, -0.15) is 0 Å². The molecule has 2 N–H and O–H groups in total. The van der Waals surface area contributed by atoms with Crippen LogP contribution in [0, 0.1) is 0 Å². The molecule has 0 aliphatic heterocycles. The minimum absolute atomic E-state index is 0.371. The maximum atomic E-state index is 6.00. The number of hydrogen-bond donors (Lipinski definition) is 1. The topological polar surface area (TPSA) is 29.3 Å². The van der Waals surface area contributed by atoms with Gasteiger partial charge in [0.25, 0.3) is 0 Å². The van der Waals surface area contributed by atoms with E-state index in [9.17, 15) is 0 Å². The first-order chi connectivity index (χ1) is 7.16. The lowest BCUT2D eigenvalue weighted by Gasteiger charge is -2.16. The first-order valence-electron chi connectivity index (χ1n) is 6.57. The van der Waals surface area contributed by atoms with Crippen molar-refractivity contribution < 1.29 is 0 Å². The van der Waals surface area contributed by atoms with Crippen molar-refractivity contribution in [3.8, 4) is 0 Å². The highest BCUT2D eigenvalue weighted by atomic mass is 15.1. The fraction of sp³-hybridized carbons (Fsp3) is 1.00. The number of nitrogens with zero attached hydrogens (tertiary/aromatic N) is 1. The highest BCUT2D eigenvalue weighted by Crippen LogP contribution is 2.09. The van der Waals surface area contributed by atoms with Crippen LogP contribution in [0.3, 0.4) is 0 Å². The Labute approximate surface area is 96.2 Å². The molecule has 0 aromatic carbocycles. The van der Waals surface area contributed by atoms with Crippen molar-refractivity contribution >= 4 is 0 Å². The van der Waals surface area contributed by atoms with Crippen LogP contribution in [0.25, 0.3) is 0 Å². The summed E-state index contributed by atoms with van der Waals surface area (Å²) in [4.78, 5) is 2.17. The van der Waals surface area contributed by atoms with E-state index >= 15 is 0 Å². The van der Waals surface area contributed by atoms with Crippen LogP contribution >= 0.6 is 0 Å². The van der Waals surface area contributed by atoms with Crippen LogP contribution in [0.15, 0.2) is 0 Å². The maximum Gasteiger partial charge on any atom is 0.0167 e. The zero-order valence-electron chi connectivity index (χ0n) is 11.0. The van der Waals surface area contributed by atoms with E-state index in [1.165, 1.54) is 51.4 Å². The number of likely N-dealkylation sites (N-methyl/N-ethyl adjacent to an activating group) is 1. The van der Waals surface area contributed by atoms with E-state index in [0.717, 1.165) is 6.54 Å². The summed E-state index contributed by atoms with van der Waals surface area (Å²) in [5, 5.41) is 0. The third-order valence-electron chi connectivity index (χ3n) is 2.78. The lowest BCUT2D eigenvalue weighted by atomic mass is 10.1. The Morgan fingerprint density at radius 3 is 2.00 bits per heavy atom. The molecule has 0 aromatic heterocycles. The predicted molar refractivity (Wildman–Crippen MR) is 69.1 cm³/mol. The summed E-state index contributed by atoms with van der Waals surface area (Å²) in [5.41, 5.74) is 6.00. The lowest BCUT2D eigenvalue weighted by Crippen LogP contribution is -2.32. The van der Waals surface area contributed by atoms with Crippen molar-refractivity contribution in [2.75, 3.05) is 20.6 Å². The van der Waals surface area contributed by atoms with Gasteiger partial charge in [-0.25, -0.2) is 0 Å². The van der Waals surface area contributed by atoms with Gasteiger partial charge in [0.05, 0.1) is 0 Å². The molecule has 0 spiro atoms. The summed E-state index contributed by atoms with van der Waals surface area (Å²) >= 11 is 0. The van der Waals surface area contributed by atoms with E-state index in [-0.39, 0.29) is 0 Å². The van der Waals surface area contributed by atoms with Crippen LogP contribution in [0.1, 0.15) is 58.3 Å². The molecule has 0 heterocycles. The van der Waals surface area contributed by atoms with Gasteiger partial charge in [0.1, 0.15) is 0 Å². The molecule has 0 aliphatic rings. The van der Waals surface area contributed by atoms with Gasteiger partial charge in [-0.1, -0.05) is 51.9 Å². The quantitative estimate of drug-likeness (QED) is 0.566. The van der Waals surface area contributed by atoms with Crippen molar-refractivity contribution in [2.45, 2.75) is 64.3 Å². The smallest absolute Gasteiger partial charge is 0.0167 e. The monoisotopic (exact) mass is 214 g/mol. The summed E-state index contributed by atoms with van der Waals surface area (Å²) in [6.07, 6.45) is 10.8. The number of nitrogens with two attached hydrogens (primary N) is 1. The minimum atomic E-state index is 0.371. The van der Waals surface area contributed by atoms with Crippen molar-refractivity contribution in [2.24, 2.45) is 5.73 Å². The zero-order chi connectivity index (χ0) is 11.5. The van der Waals surface area contributed by atoms with Crippen LogP contribution in [0.2, 0.25) is 0 Å². The van der Waals surface area contributed by atoms with E-state index in [0.29, 0.717) is 6.04 Å². The Morgan fingerprint density at radius 2 is 1.47 bits per heavy atom. The molecule has 15 heavy (non-hydrogen) atoms. The SMILES string of the molecule is CCCCCCCCCC(N)CN(C)C. The van der Waals surface area contributed by atoms with Gasteiger partial charge >= 0.3 is 0 Å². The molecule has 92 valence electrons. The lowest BCUT2D eigenvalue weighted by molar-refractivity contribution is 0.357. The average molecular weight is 214 g/mol. The highest BCUT2D eigenvalue weighted by Gasteiger charge is 2.02. The highest BCUT2D eigenvalue weighted by molar-refractivity contribution is 4.63. The average Bonchev–Trinajstić information content (AvgIpc) is 2.15. The normalized spacial score (nSPS) is 13.4. The van der Waals surface area contributed by atoms with Gasteiger partial charge < -0.3 is 10.6 Å². The first kappa shape index (κ1) is 14.9. The molecule has 0 aliphatic carbocycles. The van der Waals surface area contributed by atoms with E-state index in [1.807, 2.05) is 0 Å². The second-order valence-electron chi connectivity index (χ2n) is 4.93. The Bertz CT molecular complexity index is 124. The van der Waals surface area contributed by atoms with Gasteiger partial charge in [-0.05, 0) is 20.5 Å². The standard InChI is InChI=1S/C13H30N2/c1-4-5-6-7-8-9-10-11-13(14)12-15(2)3/h13H,4-12,14H2,1-3H3. The van der Waals surface area contributed by atoms with E-state index in [1.54, 1.807) is 0 Å². The molecule has 0 amide bonds. The molecule has 1 unspecified atom stereocenters. The zero-order valence-corrected chi connectivity index (χ0v) is 11.0. The van der Waals surface area contributed by atoms with Crippen LogP contribution in [-0.2, 0) is 0 Å². The van der Waals surface area contributed by atoms with Gasteiger partial charge in [0, 0.05) is 12.6 Å². The second-order valence-corrected chi connectivity index (χ2v) is 4.93. The summed E-state index contributed by atoms with van der Waals surface area (Å²) in [5.74, 6) is 0. The van der Waals surface area contributed by atoms with Crippen LogP contribution in [-0.4, -0.2) is 31.6 Å².